The van der Waals surface area contributed by atoms with Crippen molar-refractivity contribution >= 4 is 16.7 Å². The van der Waals surface area contributed by atoms with Gasteiger partial charge in [0.15, 0.2) is 0 Å². The molecule has 104 valence electrons. The molecule has 0 atom stereocenters. The largest absolute Gasteiger partial charge is 0.463 e. The predicted octanol–water partition coefficient (Wildman–Crippen LogP) is 0.809. The van der Waals surface area contributed by atoms with E-state index in [2.05, 4.69) is 11.7 Å². The number of rotatable bonds is 4. The molecule has 0 saturated heterocycles. The predicted molar refractivity (Wildman–Crippen MR) is 74.6 cm³/mol. The maximum Gasteiger partial charge on any atom is 0.335 e. The van der Waals surface area contributed by atoms with Crippen molar-refractivity contribution in [2.24, 2.45) is 0 Å². The second kappa shape index (κ2) is 5.56. The highest BCUT2D eigenvalue weighted by Crippen LogP contribution is 2.03. The fourth-order valence-electron chi connectivity index (χ4n) is 1.85. The van der Waals surface area contributed by atoms with Gasteiger partial charge in [0, 0.05) is 0 Å². The number of hydrogen-bond acceptors (Lipinski definition) is 4. The van der Waals surface area contributed by atoms with Gasteiger partial charge in [-0.2, -0.15) is 0 Å². The van der Waals surface area contributed by atoms with E-state index in [4.69, 9.17) is 4.74 Å². The fraction of sp³-hybridized carbons (Fsp3) is 0.214. The zero-order valence-corrected chi connectivity index (χ0v) is 11.0. The molecule has 2 aromatic rings. The van der Waals surface area contributed by atoms with Gasteiger partial charge in [0.05, 0.1) is 29.5 Å². The Morgan fingerprint density at radius 1 is 1.30 bits per heavy atom. The molecule has 6 nitrogen and oxygen atoms in total. The van der Waals surface area contributed by atoms with Crippen LogP contribution in [0.2, 0.25) is 0 Å². The van der Waals surface area contributed by atoms with Crippen molar-refractivity contribution in [2.75, 3.05) is 6.61 Å². The molecule has 2 rings (SSSR count). The lowest BCUT2D eigenvalue weighted by Gasteiger charge is -2.08. The maximum atomic E-state index is 12.2. The van der Waals surface area contributed by atoms with Crippen LogP contribution in [0.1, 0.15) is 6.92 Å². The molecule has 1 aromatic carbocycles. The van der Waals surface area contributed by atoms with Gasteiger partial charge in [0.25, 0.3) is 11.1 Å². The Balaban J connectivity index is 2.44. The van der Waals surface area contributed by atoms with Crippen molar-refractivity contribution in [3.8, 4) is 0 Å². The number of H-pyrrole nitrogens is 1. The molecule has 1 heterocycles. The van der Waals surface area contributed by atoms with Crippen LogP contribution in [-0.4, -0.2) is 22.4 Å². The van der Waals surface area contributed by atoms with Crippen LogP contribution in [0.15, 0.2) is 46.0 Å². The molecule has 0 radical (unpaired) electrons. The summed E-state index contributed by atoms with van der Waals surface area (Å²) in [6, 6.07) is 6.49. The first-order valence-corrected chi connectivity index (χ1v) is 6.11. The number of ether oxygens (including phenoxy) is 1. The van der Waals surface area contributed by atoms with Crippen LogP contribution in [0.5, 0.6) is 0 Å². The molecule has 0 bridgehead atoms. The highest BCUT2D eigenvalue weighted by molar-refractivity contribution is 5.87. The van der Waals surface area contributed by atoms with Gasteiger partial charge in [0.1, 0.15) is 0 Å². The number of carbonyl (C=O) groups is 1. The molecule has 0 aliphatic rings. The molecule has 1 aromatic heterocycles. The number of aromatic amines is 1. The van der Waals surface area contributed by atoms with E-state index in [0.717, 1.165) is 4.68 Å². The van der Waals surface area contributed by atoms with Gasteiger partial charge in [-0.25, -0.2) is 9.48 Å². The lowest BCUT2D eigenvalue weighted by molar-refractivity contribution is -0.138. The molecule has 0 saturated carbocycles. The molecule has 0 unspecified atom stereocenters. The van der Waals surface area contributed by atoms with Crippen molar-refractivity contribution in [1.29, 1.82) is 0 Å². The smallest absolute Gasteiger partial charge is 0.335 e. The zero-order valence-electron chi connectivity index (χ0n) is 11.0. The average molecular weight is 274 g/mol. The van der Waals surface area contributed by atoms with Crippen molar-refractivity contribution in [3.05, 3.63) is 57.1 Å². The number of hydrogen-bond donors (Lipinski definition) is 1. The van der Waals surface area contributed by atoms with E-state index < -0.39 is 11.5 Å². The van der Waals surface area contributed by atoms with Crippen molar-refractivity contribution in [1.82, 2.24) is 9.78 Å². The molecule has 0 spiro atoms. The topological polar surface area (TPSA) is 81.2 Å². The Kier molecular flexibility index (Phi) is 3.84. The van der Waals surface area contributed by atoms with E-state index >= 15 is 0 Å². The first-order chi connectivity index (χ1) is 9.54. The highest BCUT2D eigenvalue weighted by atomic mass is 16.5. The molecular weight excluding hydrogens is 260 g/mol. The Morgan fingerprint density at radius 2 is 1.95 bits per heavy atom. The van der Waals surface area contributed by atoms with Crippen LogP contribution >= 0.6 is 0 Å². The summed E-state index contributed by atoms with van der Waals surface area (Å²) < 4.78 is 5.85. The minimum absolute atomic E-state index is 0.0971. The Bertz CT molecular complexity index is 786. The van der Waals surface area contributed by atoms with Crippen LogP contribution in [0, 0.1) is 0 Å². The third kappa shape index (κ3) is 2.54. The Hall–Kier alpha value is -2.63. The van der Waals surface area contributed by atoms with E-state index in [0.29, 0.717) is 10.8 Å². The van der Waals surface area contributed by atoms with E-state index in [1.54, 1.807) is 31.2 Å². The summed E-state index contributed by atoms with van der Waals surface area (Å²) in [4.78, 5) is 35.5. The average Bonchev–Trinajstić information content (AvgIpc) is 2.44. The fourth-order valence-corrected chi connectivity index (χ4v) is 1.85. The van der Waals surface area contributed by atoms with Crippen LogP contribution in [0.25, 0.3) is 10.8 Å². The van der Waals surface area contributed by atoms with E-state index in [-0.39, 0.29) is 24.3 Å². The lowest BCUT2D eigenvalue weighted by Crippen LogP contribution is -2.31. The number of benzene rings is 1. The monoisotopic (exact) mass is 274 g/mol. The summed E-state index contributed by atoms with van der Waals surface area (Å²) in [7, 11) is 0. The molecule has 0 fully saturated rings. The van der Waals surface area contributed by atoms with E-state index in [9.17, 15) is 14.4 Å². The molecule has 0 aliphatic carbocycles. The quantitative estimate of drug-likeness (QED) is 0.660. The van der Waals surface area contributed by atoms with Gasteiger partial charge in [-0.15, -0.1) is 0 Å². The Morgan fingerprint density at radius 3 is 2.60 bits per heavy atom. The number of nitrogens with zero attached hydrogens (tertiary/aromatic N) is 1. The first-order valence-electron chi connectivity index (χ1n) is 6.11. The van der Waals surface area contributed by atoms with E-state index in [1.807, 2.05) is 0 Å². The maximum absolute atomic E-state index is 12.2. The van der Waals surface area contributed by atoms with Gasteiger partial charge in [0.2, 0.25) is 0 Å². The number of nitrogens with one attached hydrogen (secondary N) is 1. The number of esters is 1. The molecule has 20 heavy (non-hydrogen) atoms. The Labute approximate surface area is 114 Å². The third-order valence-electron chi connectivity index (χ3n) is 2.80. The molecule has 0 aliphatic heterocycles. The van der Waals surface area contributed by atoms with Gasteiger partial charge in [-0.05, 0) is 19.1 Å². The van der Waals surface area contributed by atoms with Gasteiger partial charge in [-0.3, -0.25) is 14.7 Å². The molecule has 0 amide bonds. The van der Waals surface area contributed by atoms with Gasteiger partial charge in [-0.1, -0.05) is 18.7 Å². The SMILES string of the molecule is C=C(Cn1[nH]c(=O)c2ccccc2c1=O)C(=O)OCC. The van der Waals surface area contributed by atoms with Crippen LogP contribution in [0.3, 0.4) is 0 Å². The first kappa shape index (κ1) is 13.8. The summed E-state index contributed by atoms with van der Waals surface area (Å²) in [5, 5.41) is 3.04. The summed E-state index contributed by atoms with van der Waals surface area (Å²) >= 11 is 0. The van der Waals surface area contributed by atoms with Gasteiger partial charge < -0.3 is 4.74 Å². The molecule has 1 N–H and O–H groups in total. The minimum atomic E-state index is -0.589. The molecular formula is C14H14N2O4. The zero-order chi connectivity index (χ0) is 14.7. The number of fused-ring (bicyclic) bond motifs is 1. The normalized spacial score (nSPS) is 10.4. The summed E-state index contributed by atoms with van der Waals surface area (Å²) in [6.45, 7) is 5.35. The highest BCUT2D eigenvalue weighted by Gasteiger charge is 2.12. The van der Waals surface area contributed by atoms with Crippen LogP contribution in [0.4, 0.5) is 0 Å². The summed E-state index contributed by atoms with van der Waals surface area (Å²) in [5.41, 5.74) is -0.678. The summed E-state index contributed by atoms with van der Waals surface area (Å²) in [6.07, 6.45) is 0. The van der Waals surface area contributed by atoms with E-state index in [1.165, 1.54) is 0 Å². The van der Waals surface area contributed by atoms with Crippen LogP contribution in [-0.2, 0) is 16.1 Å². The second-order valence-corrected chi connectivity index (χ2v) is 4.20. The van der Waals surface area contributed by atoms with Crippen molar-refractivity contribution < 1.29 is 9.53 Å². The van der Waals surface area contributed by atoms with Crippen molar-refractivity contribution in [2.45, 2.75) is 13.5 Å². The van der Waals surface area contributed by atoms with Crippen LogP contribution < -0.4 is 11.1 Å². The number of aromatic nitrogens is 2. The minimum Gasteiger partial charge on any atom is -0.463 e. The summed E-state index contributed by atoms with van der Waals surface area (Å²) in [5.74, 6) is -0.589. The number of carbonyl (C=O) groups excluding carboxylic acids is 1. The third-order valence-corrected chi connectivity index (χ3v) is 2.80. The molecule has 6 heteroatoms. The van der Waals surface area contributed by atoms with Crippen molar-refractivity contribution in [3.63, 3.8) is 0 Å². The standard InChI is InChI=1S/C14H14N2O4/c1-3-20-14(19)9(2)8-16-13(18)11-7-5-4-6-10(11)12(17)15-16/h4-7H,2-3,8H2,1H3,(H,15,17). The van der Waals surface area contributed by atoms with Gasteiger partial charge >= 0.3 is 5.97 Å². The second-order valence-electron chi connectivity index (χ2n) is 4.20. The lowest BCUT2D eigenvalue weighted by atomic mass is 10.2.